The summed E-state index contributed by atoms with van der Waals surface area (Å²) in [6, 6.07) is 8.76. The highest BCUT2D eigenvalue weighted by molar-refractivity contribution is 5.35. The molecule has 0 aliphatic rings. The third kappa shape index (κ3) is 2.32. The molecule has 0 bridgehead atoms. The first-order valence-electron chi connectivity index (χ1n) is 5.90. The second kappa shape index (κ2) is 4.97. The highest BCUT2D eigenvalue weighted by Crippen LogP contribution is 2.13. The van der Waals surface area contributed by atoms with Gasteiger partial charge in [0.1, 0.15) is 5.82 Å². The Morgan fingerprint density at radius 3 is 2.50 bits per heavy atom. The van der Waals surface area contributed by atoms with E-state index >= 15 is 0 Å². The Kier molecular flexibility index (Phi) is 3.40. The zero-order valence-corrected chi connectivity index (χ0v) is 9.98. The van der Waals surface area contributed by atoms with Crippen LogP contribution < -0.4 is 0 Å². The summed E-state index contributed by atoms with van der Waals surface area (Å²) in [7, 11) is 0. The summed E-state index contributed by atoms with van der Waals surface area (Å²) in [6.07, 6.45) is 7.53. The van der Waals surface area contributed by atoms with Gasteiger partial charge >= 0.3 is 0 Å². The van der Waals surface area contributed by atoms with E-state index in [-0.39, 0.29) is 0 Å². The van der Waals surface area contributed by atoms with Crippen molar-refractivity contribution >= 4 is 0 Å². The standard InChI is InChI=1S/C14H18N2/c1-3-4-5-13-6-8-14(9-7-13)16-11-10-15-12(16)2/h6-11H,3-5H2,1-2H3. The van der Waals surface area contributed by atoms with E-state index in [1.165, 1.54) is 30.5 Å². The molecule has 1 heterocycles. The van der Waals surface area contributed by atoms with E-state index in [0.717, 1.165) is 5.82 Å². The van der Waals surface area contributed by atoms with Gasteiger partial charge in [-0.2, -0.15) is 0 Å². The molecule has 0 saturated heterocycles. The average molecular weight is 214 g/mol. The second-order valence-electron chi connectivity index (χ2n) is 4.11. The molecule has 0 amide bonds. The SMILES string of the molecule is CCCCc1ccc(-n2ccnc2C)cc1. The number of aryl methyl sites for hydroxylation is 2. The fourth-order valence-electron chi connectivity index (χ4n) is 1.85. The molecule has 0 aliphatic heterocycles. The molecule has 84 valence electrons. The van der Waals surface area contributed by atoms with Crippen LogP contribution in [0.4, 0.5) is 0 Å². The molecule has 0 aliphatic carbocycles. The lowest BCUT2D eigenvalue weighted by atomic mass is 10.1. The van der Waals surface area contributed by atoms with Crippen LogP contribution in [0.1, 0.15) is 31.2 Å². The maximum absolute atomic E-state index is 4.23. The quantitative estimate of drug-likeness (QED) is 0.761. The summed E-state index contributed by atoms with van der Waals surface area (Å²) in [5.41, 5.74) is 2.61. The zero-order valence-electron chi connectivity index (χ0n) is 9.98. The molecule has 16 heavy (non-hydrogen) atoms. The Hall–Kier alpha value is -1.57. The van der Waals surface area contributed by atoms with E-state index in [9.17, 15) is 0 Å². The molecular formula is C14H18N2. The number of unbranched alkanes of at least 4 members (excludes halogenated alkanes) is 1. The topological polar surface area (TPSA) is 17.8 Å². The van der Waals surface area contributed by atoms with E-state index in [1.807, 2.05) is 19.3 Å². The fourth-order valence-corrected chi connectivity index (χ4v) is 1.85. The Morgan fingerprint density at radius 2 is 1.94 bits per heavy atom. The van der Waals surface area contributed by atoms with Crippen LogP contribution in [0.3, 0.4) is 0 Å². The van der Waals surface area contributed by atoms with Crippen molar-refractivity contribution in [2.75, 3.05) is 0 Å². The van der Waals surface area contributed by atoms with E-state index in [4.69, 9.17) is 0 Å². The molecule has 2 heteroatoms. The molecule has 0 N–H and O–H groups in total. The number of benzene rings is 1. The molecule has 0 saturated carbocycles. The van der Waals surface area contributed by atoms with Crippen LogP contribution in [0.2, 0.25) is 0 Å². The van der Waals surface area contributed by atoms with Crippen molar-refractivity contribution in [3.05, 3.63) is 48.0 Å². The predicted molar refractivity (Wildman–Crippen MR) is 66.9 cm³/mol. The van der Waals surface area contributed by atoms with Gasteiger partial charge < -0.3 is 4.57 Å². The minimum absolute atomic E-state index is 1.03. The first-order chi connectivity index (χ1) is 7.81. The molecule has 1 aromatic carbocycles. The van der Waals surface area contributed by atoms with Gasteiger partial charge in [-0.3, -0.25) is 0 Å². The van der Waals surface area contributed by atoms with Crippen LogP contribution in [-0.2, 0) is 6.42 Å². The van der Waals surface area contributed by atoms with Gasteiger partial charge in [-0.25, -0.2) is 4.98 Å². The third-order valence-corrected chi connectivity index (χ3v) is 2.86. The average Bonchev–Trinajstić information content (AvgIpc) is 2.74. The molecule has 2 rings (SSSR count). The van der Waals surface area contributed by atoms with Crippen molar-refractivity contribution in [3.63, 3.8) is 0 Å². The van der Waals surface area contributed by atoms with E-state index in [2.05, 4.69) is 40.7 Å². The summed E-state index contributed by atoms with van der Waals surface area (Å²) in [5, 5.41) is 0. The smallest absolute Gasteiger partial charge is 0.110 e. The Labute approximate surface area is 97.0 Å². The van der Waals surface area contributed by atoms with Crippen LogP contribution in [-0.4, -0.2) is 9.55 Å². The molecule has 0 unspecified atom stereocenters. The minimum atomic E-state index is 1.03. The number of rotatable bonds is 4. The Balaban J connectivity index is 2.16. The van der Waals surface area contributed by atoms with Crippen molar-refractivity contribution in [2.24, 2.45) is 0 Å². The number of hydrogen-bond donors (Lipinski definition) is 0. The lowest BCUT2D eigenvalue weighted by Gasteiger charge is -2.06. The molecule has 0 radical (unpaired) electrons. The van der Waals surface area contributed by atoms with Crippen molar-refractivity contribution in [1.29, 1.82) is 0 Å². The van der Waals surface area contributed by atoms with Gasteiger partial charge in [-0.15, -0.1) is 0 Å². The zero-order chi connectivity index (χ0) is 11.4. The number of nitrogens with zero attached hydrogens (tertiary/aromatic N) is 2. The molecule has 0 spiro atoms. The lowest BCUT2D eigenvalue weighted by molar-refractivity contribution is 0.794. The molecular weight excluding hydrogens is 196 g/mol. The third-order valence-electron chi connectivity index (χ3n) is 2.86. The summed E-state index contributed by atoms with van der Waals surface area (Å²) in [6.45, 7) is 4.24. The highest BCUT2D eigenvalue weighted by Gasteiger charge is 1.99. The normalized spacial score (nSPS) is 10.6. The van der Waals surface area contributed by atoms with E-state index < -0.39 is 0 Å². The van der Waals surface area contributed by atoms with Crippen LogP contribution in [0.15, 0.2) is 36.7 Å². The van der Waals surface area contributed by atoms with Crippen LogP contribution >= 0.6 is 0 Å². The minimum Gasteiger partial charge on any atom is -0.304 e. The van der Waals surface area contributed by atoms with Crippen LogP contribution in [0, 0.1) is 6.92 Å². The van der Waals surface area contributed by atoms with Gasteiger partial charge in [0.15, 0.2) is 0 Å². The van der Waals surface area contributed by atoms with Gasteiger partial charge in [0.05, 0.1) is 0 Å². The molecule has 1 aromatic heterocycles. The number of hydrogen-bond acceptors (Lipinski definition) is 1. The van der Waals surface area contributed by atoms with Crippen molar-refractivity contribution in [1.82, 2.24) is 9.55 Å². The van der Waals surface area contributed by atoms with Crippen molar-refractivity contribution in [2.45, 2.75) is 33.1 Å². The van der Waals surface area contributed by atoms with E-state index in [0.29, 0.717) is 0 Å². The molecule has 0 fully saturated rings. The summed E-state index contributed by atoms with van der Waals surface area (Å²) in [5.74, 6) is 1.03. The maximum Gasteiger partial charge on any atom is 0.110 e. The second-order valence-corrected chi connectivity index (χ2v) is 4.11. The summed E-state index contributed by atoms with van der Waals surface area (Å²) < 4.78 is 2.10. The molecule has 0 atom stereocenters. The van der Waals surface area contributed by atoms with Gasteiger partial charge in [-0.1, -0.05) is 25.5 Å². The van der Waals surface area contributed by atoms with Crippen LogP contribution in [0.5, 0.6) is 0 Å². The summed E-state index contributed by atoms with van der Waals surface area (Å²) >= 11 is 0. The highest BCUT2D eigenvalue weighted by atomic mass is 15.1. The Morgan fingerprint density at radius 1 is 1.19 bits per heavy atom. The molecule has 2 aromatic rings. The van der Waals surface area contributed by atoms with Gasteiger partial charge in [0, 0.05) is 18.1 Å². The van der Waals surface area contributed by atoms with Crippen LogP contribution in [0.25, 0.3) is 5.69 Å². The lowest BCUT2D eigenvalue weighted by Crippen LogP contribution is -1.95. The number of imidazole rings is 1. The first-order valence-corrected chi connectivity index (χ1v) is 5.90. The first kappa shape index (κ1) is 10.9. The fraction of sp³-hybridized carbons (Fsp3) is 0.357. The maximum atomic E-state index is 4.23. The summed E-state index contributed by atoms with van der Waals surface area (Å²) in [4.78, 5) is 4.23. The van der Waals surface area contributed by atoms with E-state index in [1.54, 1.807) is 0 Å². The largest absolute Gasteiger partial charge is 0.304 e. The van der Waals surface area contributed by atoms with Gasteiger partial charge in [0.2, 0.25) is 0 Å². The number of aromatic nitrogens is 2. The van der Waals surface area contributed by atoms with Crippen molar-refractivity contribution in [3.8, 4) is 5.69 Å². The molecule has 2 nitrogen and oxygen atoms in total. The van der Waals surface area contributed by atoms with Gasteiger partial charge in [-0.05, 0) is 37.5 Å². The van der Waals surface area contributed by atoms with Crippen molar-refractivity contribution < 1.29 is 0 Å². The monoisotopic (exact) mass is 214 g/mol. The Bertz CT molecular complexity index is 440. The van der Waals surface area contributed by atoms with Gasteiger partial charge in [0.25, 0.3) is 0 Å². The predicted octanol–water partition coefficient (Wildman–Crippen LogP) is 3.52.